The van der Waals surface area contributed by atoms with Gasteiger partial charge in [0, 0.05) is 11.4 Å². The zero-order valence-corrected chi connectivity index (χ0v) is 14.9. The second-order valence-electron chi connectivity index (χ2n) is 6.07. The van der Waals surface area contributed by atoms with Gasteiger partial charge in [0.05, 0.1) is 11.1 Å². The normalized spacial score (nSPS) is 15.0. The van der Waals surface area contributed by atoms with Crippen LogP contribution in [-0.4, -0.2) is 22.3 Å². The Bertz CT molecular complexity index is 486. The third-order valence-electron chi connectivity index (χ3n) is 2.95. The molecule has 0 radical (unpaired) electrons. The average molecular weight is 354 g/mol. The van der Waals surface area contributed by atoms with Gasteiger partial charge < -0.3 is 9.29 Å². The Hall–Kier alpha value is -0.560. The summed E-state index contributed by atoms with van der Waals surface area (Å²) in [5.41, 5.74) is 1.49. The number of benzene rings is 1. The Kier molecular flexibility index (Phi) is 6.92. The number of nitrogens with one attached hydrogen (secondary N) is 1. The first-order valence-corrected chi connectivity index (χ1v) is 8.44. The minimum Gasteiger partial charge on any atom is -0.598 e. The van der Waals surface area contributed by atoms with E-state index in [1.54, 1.807) is 19.1 Å². The lowest BCUT2D eigenvalue weighted by Crippen LogP contribution is -2.40. The molecule has 0 unspecified atom stereocenters. The third-order valence-corrected chi connectivity index (χ3v) is 4.91. The van der Waals surface area contributed by atoms with Crippen molar-refractivity contribution >= 4 is 23.0 Å². The molecule has 126 valence electrons. The Labute approximate surface area is 138 Å². The van der Waals surface area contributed by atoms with Gasteiger partial charge >= 0.3 is 0 Å². The first-order chi connectivity index (χ1) is 10.0. The molecular formula is C15H22ClF2NO2S. The van der Waals surface area contributed by atoms with E-state index >= 15 is 0 Å². The van der Waals surface area contributed by atoms with Crippen molar-refractivity contribution < 1.29 is 18.1 Å². The van der Waals surface area contributed by atoms with E-state index in [1.807, 2.05) is 27.7 Å². The highest BCUT2D eigenvalue weighted by atomic mass is 35.5. The summed E-state index contributed by atoms with van der Waals surface area (Å²) in [6.07, 6.45) is -2.55. The van der Waals surface area contributed by atoms with E-state index < -0.39 is 24.4 Å². The minimum atomic E-state index is -2.55. The fraction of sp³-hybridized carbons (Fsp3) is 0.600. The average Bonchev–Trinajstić information content (AvgIpc) is 2.35. The molecule has 0 aliphatic carbocycles. The number of halogens is 3. The first kappa shape index (κ1) is 19.5. The molecule has 1 N–H and O–H groups in total. The molecule has 2 atom stereocenters. The molecule has 7 heteroatoms. The maximum Gasteiger partial charge on any atom is 0.272 e. The Balaban J connectivity index is 2.89. The van der Waals surface area contributed by atoms with Gasteiger partial charge in [0.15, 0.2) is 0 Å². The summed E-state index contributed by atoms with van der Waals surface area (Å²) in [5.74, 6) is 0.259. The predicted octanol–water partition coefficient (Wildman–Crippen LogP) is 4.41. The van der Waals surface area contributed by atoms with E-state index in [1.165, 1.54) is 0 Å². The number of ether oxygens (including phenoxy) is 1. The van der Waals surface area contributed by atoms with E-state index in [0.717, 1.165) is 5.56 Å². The third kappa shape index (κ3) is 5.57. The monoisotopic (exact) mass is 353 g/mol. The van der Waals surface area contributed by atoms with Crippen LogP contribution in [-0.2, 0) is 11.4 Å². The SMILES string of the molecule is Cc1cc([C@@H](C)N[S@+]([O-])C(C)(C)C)cc(Cl)c1OCC(F)F. The van der Waals surface area contributed by atoms with Crippen LogP contribution in [0.3, 0.4) is 0 Å². The second-order valence-corrected chi connectivity index (χ2v) is 8.48. The number of alkyl halides is 2. The van der Waals surface area contributed by atoms with Crippen molar-refractivity contribution in [1.82, 2.24) is 4.72 Å². The van der Waals surface area contributed by atoms with Crippen molar-refractivity contribution in [2.45, 2.75) is 51.8 Å². The molecule has 0 aliphatic heterocycles. The summed E-state index contributed by atoms with van der Waals surface area (Å²) in [5, 5.41) is 0.269. The second kappa shape index (κ2) is 7.81. The van der Waals surface area contributed by atoms with E-state index in [2.05, 4.69) is 4.72 Å². The lowest BCUT2D eigenvalue weighted by atomic mass is 10.1. The summed E-state index contributed by atoms with van der Waals surface area (Å²) >= 11 is 4.90. The van der Waals surface area contributed by atoms with Crippen molar-refractivity contribution in [1.29, 1.82) is 0 Å². The van der Waals surface area contributed by atoms with Crippen molar-refractivity contribution in [3.63, 3.8) is 0 Å². The molecule has 0 saturated carbocycles. The van der Waals surface area contributed by atoms with Gasteiger partial charge in [0.2, 0.25) is 0 Å². The number of hydrogen-bond acceptors (Lipinski definition) is 3. The maximum absolute atomic E-state index is 12.2. The molecule has 1 aromatic carbocycles. The van der Waals surface area contributed by atoms with E-state index in [9.17, 15) is 13.3 Å². The standard InChI is InChI=1S/C15H22ClF2NO2S/c1-9-6-11(10(2)19-22(20)15(3,4)5)7-12(16)14(9)21-8-13(17)18/h6-7,10,13,19H,8H2,1-5H3/t10-,22-/m1/s1. The molecular weight excluding hydrogens is 332 g/mol. The number of hydrogen-bond donors (Lipinski definition) is 1. The molecule has 0 amide bonds. The topological polar surface area (TPSA) is 44.3 Å². The highest BCUT2D eigenvalue weighted by Crippen LogP contribution is 2.33. The minimum absolute atomic E-state index is 0.194. The first-order valence-electron chi connectivity index (χ1n) is 6.91. The van der Waals surface area contributed by atoms with Crippen LogP contribution in [0, 0.1) is 6.92 Å². The van der Waals surface area contributed by atoms with Crippen molar-refractivity contribution in [3.05, 3.63) is 28.3 Å². The summed E-state index contributed by atoms with van der Waals surface area (Å²) in [7, 11) is 0. The molecule has 0 fully saturated rings. The molecule has 0 saturated heterocycles. The fourth-order valence-electron chi connectivity index (χ4n) is 1.74. The van der Waals surface area contributed by atoms with Gasteiger partial charge in [0.25, 0.3) is 6.43 Å². The van der Waals surface area contributed by atoms with E-state index in [-0.39, 0.29) is 21.6 Å². The lowest BCUT2D eigenvalue weighted by Gasteiger charge is -2.27. The summed E-state index contributed by atoms with van der Waals surface area (Å²) in [6.45, 7) is 8.55. The Morgan fingerprint density at radius 2 is 1.95 bits per heavy atom. The number of rotatable bonds is 6. The molecule has 3 nitrogen and oxygen atoms in total. The van der Waals surface area contributed by atoms with Crippen molar-refractivity contribution in [3.8, 4) is 5.75 Å². The van der Waals surface area contributed by atoms with Gasteiger partial charge in [-0.15, -0.1) is 4.72 Å². The van der Waals surface area contributed by atoms with E-state index in [4.69, 9.17) is 16.3 Å². The zero-order valence-electron chi connectivity index (χ0n) is 13.4. The van der Waals surface area contributed by atoms with Gasteiger partial charge in [-0.05, 0) is 51.8 Å². The Morgan fingerprint density at radius 1 is 1.36 bits per heavy atom. The summed E-state index contributed by atoms with van der Waals surface area (Å²) in [4.78, 5) is 0. The predicted molar refractivity (Wildman–Crippen MR) is 87.1 cm³/mol. The highest BCUT2D eigenvalue weighted by Gasteiger charge is 2.28. The van der Waals surface area contributed by atoms with Crippen molar-refractivity contribution in [2.75, 3.05) is 6.61 Å². The molecule has 1 rings (SSSR count). The van der Waals surface area contributed by atoms with Crippen molar-refractivity contribution in [2.24, 2.45) is 0 Å². The summed E-state index contributed by atoms with van der Waals surface area (Å²) < 4.78 is 44.3. The van der Waals surface area contributed by atoms with Crippen LogP contribution in [0.25, 0.3) is 0 Å². The molecule has 0 aromatic heterocycles. The summed E-state index contributed by atoms with van der Waals surface area (Å²) in [6, 6.07) is 3.25. The molecule has 0 spiro atoms. The van der Waals surface area contributed by atoms with Gasteiger partial charge in [-0.25, -0.2) is 8.78 Å². The van der Waals surface area contributed by atoms with Gasteiger partial charge in [-0.3, -0.25) is 0 Å². The van der Waals surface area contributed by atoms with Gasteiger partial charge in [-0.2, -0.15) is 0 Å². The van der Waals surface area contributed by atoms with Crippen LogP contribution in [0.15, 0.2) is 12.1 Å². The Morgan fingerprint density at radius 3 is 2.41 bits per heavy atom. The van der Waals surface area contributed by atoms with Crippen LogP contribution < -0.4 is 9.46 Å². The lowest BCUT2D eigenvalue weighted by molar-refractivity contribution is 0.0816. The molecule has 22 heavy (non-hydrogen) atoms. The fourth-order valence-corrected chi connectivity index (χ4v) is 2.88. The van der Waals surface area contributed by atoms with E-state index in [0.29, 0.717) is 5.56 Å². The van der Waals surface area contributed by atoms with Gasteiger partial charge in [0.1, 0.15) is 17.1 Å². The molecule has 0 aliphatic rings. The number of aryl methyl sites for hydroxylation is 1. The quantitative estimate of drug-likeness (QED) is 0.770. The molecule has 1 aromatic rings. The zero-order chi connectivity index (χ0) is 17.1. The van der Waals surface area contributed by atoms with Gasteiger partial charge in [-0.1, -0.05) is 17.7 Å². The molecule has 0 heterocycles. The van der Waals surface area contributed by atoms with Crippen LogP contribution in [0.5, 0.6) is 5.75 Å². The van der Waals surface area contributed by atoms with Crippen LogP contribution in [0.2, 0.25) is 5.02 Å². The smallest absolute Gasteiger partial charge is 0.272 e. The molecule has 0 bridgehead atoms. The van der Waals surface area contributed by atoms with Crippen LogP contribution >= 0.6 is 11.6 Å². The highest BCUT2D eigenvalue weighted by molar-refractivity contribution is 7.90. The maximum atomic E-state index is 12.2. The van der Waals surface area contributed by atoms with Crippen LogP contribution in [0.1, 0.15) is 44.9 Å². The largest absolute Gasteiger partial charge is 0.598 e. The van der Waals surface area contributed by atoms with Crippen LogP contribution in [0.4, 0.5) is 8.78 Å².